The Bertz CT molecular complexity index is 616. The lowest BCUT2D eigenvalue weighted by molar-refractivity contribution is -0.384. The molecular weight excluding hydrogens is 262 g/mol. The topological polar surface area (TPSA) is 94.4 Å². The molecule has 0 saturated heterocycles. The van der Waals surface area contributed by atoms with Crippen molar-refractivity contribution < 1.29 is 14.5 Å². The van der Waals surface area contributed by atoms with Gasteiger partial charge in [-0.3, -0.25) is 20.4 Å². The summed E-state index contributed by atoms with van der Waals surface area (Å²) >= 11 is 0. The maximum absolute atomic E-state index is 11.6. The molecule has 1 heterocycles. The molecule has 0 radical (unpaired) electrons. The summed E-state index contributed by atoms with van der Waals surface area (Å²) in [5.74, 6) is 0. The van der Waals surface area contributed by atoms with Crippen LogP contribution in [0.15, 0.2) is 48.8 Å². The van der Waals surface area contributed by atoms with Crippen molar-refractivity contribution in [3.05, 3.63) is 64.5 Å². The number of hydrogen-bond acceptors (Lipinski definition) is 5. The second kappa shape index (κ2) is 6.28. The van der Waals surface area contributed by atoms with E-state index in [1.165, 1.54) is 12.3 Å². The van der Waals surface area contributed by atoms with Crippen molar-refractivity contribution in [1.29, 1.82) is 0 Å². The quantitative estimate of drug-likeness (QED) is 0.682. The molecule has 0 atom stereocenters. The van der Waals surface area contributed by atoms with Crippen molar-refractivity contribution in [2.75, 3.05) is 5.32 Å². The number of benzene rings is 1. The van der Waals surface area contributed by atoms with Gasteiger partial charge in [-0.15, -0.1) is 0 Å². The average Bonchev–Trinajstić information content (AvgIpc) is 2.46. The fraction of sp³-hybridized carbons (Fsp3) is 0.0769. The van der Waals surface area contributed by atoms with Crippen molar-refractivity contribution >= 4 is 17.5 Å². The molecule has 1 amide bonds. The van der Waals surface area contributed by atoms with Gasteiger partial charge in [-0.2, -0.15) is 0 Å². The summed E-state index contributed by atoms with van der Waals surface area (Å²) in [6.45, 7) is 0.0888. The second-order valence-corrected chi connectivity index (χ2v) is 3.84. The third-order valence-electron chi connectivity index (χ3n) is 2.45. The number of nitrogens with zero attached hydrogens (tertiary/aromatic N) is 2. The van der Waals surface area contributed by atoms with Crippen LogP contribution in [0.2, 0.25) is 0 Å². The molecule has 0 aliphatic carbocycles. The molecule has 0 aliphatic rings. The fourth-order valence-electron chi connectivity index (χ4n) is 1.51. The van der Waals surface area contributed by atoms with Crippen molar-refractivity contribution in [3.8, 4) is 0 Å². The molecule has 102 valence electrons. The van der Waals surface area contributed by atoms with Crippen LogP contribution in [-0.4, -0.2) is 16.0 Å². The number of nitrogens with one attached hydrogen (secondary N) is 1. The van der Waals surface area contributed by atoms with E-state index in [0.717, 1.165) is 11.8 Å². The molecule has 1 aromatic carbocycles. The summed E-state index contributed by atoms with van der Waals surface area (Å²) in [6, 6.07) is 10.4. The van der Waals surface area contributed by atoms with E-state index in [4.69, 9.17) is 4.74 Å². The first-order valence-corrected chi connectivity index (χ1v) is 5.73. The lowest BCUT2D eigenvalue weighted by Gasteiger charge is -2.07. The standard InChI is InChI=1S/C13H11N3O4/c17-13(20-9-10-4-2-1-3-5-10)15-11-6-7-14-8-12(11)16(18)19/h1-8H,9H2,(H,14,15,17). The van der Waals surface area contributed by atoms with Crippen LogP contribution in [0, 0.1) is 10.1 Å². The van der Waals surface area contributed by atoms with Crippen LogP contribution in [0.5, 0.6) is 0 Å². The van der Waals surface area contributed by atoms with Crippen molar-refractivity contribution in [2.24, 2.45) is 0 Å². The Morgan fingerprint density at radius 1 is 1.30 bits per heavy atom. The molecule has 20 heavy (non-hydrogen) atoms. The Morgan fingerprint density at radius 2 is 2.05 bits per heavy atom. The number of anilines is 1. The van der Waals surface area contributed by atoms with Crippen LogP contribution >= 0.6 is 0 Å². The van der Waals surface area contributed by atoms with Crippen LogP contribution in [-0.2, 0) is 11.3 Å². The maximum atomic E-state index is 11.6. The fourth-order valence-corrected chi connectivity index (χ4v) is 1.51. The minimum atomic E-state index is -0.761. The number of amides is 1. The Balaban J connectivity index is 1.97. The Morgan fingerprint density at radius 3 is 2.75 bits per heavy atom. The van der Waals surface area contributed by atoms with E-state index < -0.39 is 11.0 Å². The van der Waals surface area contributed by atoms with Gasteiger partial charge in [-0.1, -0.05) is 30.3 Å². The molecule has 2 rings (SSSR count). The van der Waals surface area contributed by atoms with Gasteiger partial charge in [-0.05, 0) is 11.6 Å². The lowest BCUT2D eigenvalue weighted by atomic mass is 10.2. The van der Waals surface area contributed by atoms with Crippen LogP contribution < -0.4 is 5.32 Å². The van der Waals surface area contributed by atoms with Crippen LogP contribution in [0.4, 0.5) is 16.2 Å². The van der Waals surface area contributed by atoms with E-state index in [-0.39, 0.29) is 18.0 Å². The highest BCUT2D eigenvalue weighted by Crippen LogP contribution is 2.21. The predicted octanol–water partition coefficient (Wildman–Crippen LogP) is 2.74. The molecule has 7 heteroatoms. The van der Waals surface area contributed by atoms with E-state index in [1.807, 2.05) is 30.3 Å². The molecule has 0 aliphatic heterocycles. The van der Waals surface area contributed by atoms with Crippen LogP contribution in [0.25, 0.3) is 0 Å². The van der Waals surface area contributed by atoms with E-state index in [9.17, 15) is 14.9 Å². The number of rotatable bonds is 4. The largest absolute Gasteiger partial charge is 0.444 e. The van der Waals surface area contributed by atoms with Gasteiger partial charge >= 0.3 is 11.8 Å². The SMILES string of the molecule is O=C(Nc1ccncc1[N+](=O)[O-])OCc1ccccc1. The summed E-state index contributed by atoms with van der Waals surface area (Å²) in [5, 5.41) is 13.1. The van der Waals surface area contributed by atoms with Crippen LogP contribution in [0.1, 0.15) is 5.56 Å². The lowest BCUT2D eigenvalue weighted by Crippen LogP contribution is -2.14. The first-order valence-electron chi connectivity index (χ1n) is 5.73. The van der Waals surface area contributed by atoms with E-state index in [0.29, 0.717) is 0 Å². The van der Waals surface area contributed by atoms with Gasteiger partial charge in [0.05, 0.1) is 4.92 Å². The number of ether oxygens (including phenoxy) is 1. The monoisotopic (exact) mass is 273 g/mol. The highest BCUT2D eigenvalue weighted by molar-refractivity contribution is 5.87. The molecule has 0 unspecified atom stereocenters. The predicted molar refractivity (Wildman–Crippen MR) is 71.1 cm³/mol. The summed E-state index contributed by atoms with van der Waals surface area (Å²) in [4.78, 5) is 25.3. The highest BCUT2D eigenvalue weighted by atomic mass is 16.6. The Hall–Kier alpha value is -2.96. The van der Waals surface area contributed by atoms with E-state index >= 15 is 0 Å². The average molecular weight is 273 g/mol. The smallest absolute Gasteiger partial charge is 0.412 e. The second-order valence-electron chi connectivity index (χ2n) is 3.84. The van der Waals surface area contributed by atoms with Gasteiger partial charge in [-0.25, -0.2) is 4.79 Å². The number of pyridine rings is 1. The Kier molecular flexibility index (Phi) is 4.23. The summed E-state index contributed by atoms with van der Waals surface area (Å²) in [6.07, 6.45) is 1.65. The molecule has 7 nitrogen and oxygen atoms in total. The summed E-state index contributed by atoms with van der Waals surface area (Å²) in [7, 11) is 0. The molecule has 0 spiro atoms. The molecular formula is C13H11N3O4. The number of nitro groups is 1. The van der Waals surface area contributed by atoms with Crippen LogP contribution in [0.3, 0.4) is 0 Å². The van der Waals surface area contributed by atoms with Gasteiger partial charge in [0.1, 0.15) is 18.5 Å². The minimum Gasteiger partial charge on any atom is -0.444 e. The highest BCUT2D eigenvalue weighted by Gasteiger charge is 2.16. The Labute approximate surface area is 114 Å². The number of hydrogen-bond donors (Lipinski definition) is 1. The molecule has 1 N–H and O–H groups in total. The maximum Gasteiger partial charge on any atom is 0.412 e. The molecule has 2 aromatic rings. The number of carbonyl (C=O) groups is 1. The number of aromatic nitrogens is 1. The van der Waals surface area contributed by atoms with Gasteiger partial charge in [0.25, 0.3) is 0 Å². The minimum absolute atomic E-state index is 0.0445. The van der Waals surface area contributed by atoms with Gasteiger partial charge in [0, 0.05) is 6.20 Å². The van der Waals surface area contributed by atoms with Crippen molar-refractivity contribution in [3.63, 3.8) is 0 Å². The van der Waals surface area contributed by atoms with Gasteiger partial charge < -0.3 is 4.74 Å². The zero-order chi connectivity index (χ0) is 14.4. The molecule has 0 saturated carbocycles. The third kappa shape index (κ3) is 3.52. The van der Waals surface area contributed by atoms with Crippen molar-refractivity contribution in [1.82, 2.24) is 4.98 Å². The third-order valence-corrected chi connectivity index (χ3v) is 2.45. The zero-order valence-electron chi connectivity index (χ0n) is 10.4. The van der Waals surface area contributed by atoms with Gasteiger partial charge in [0.15, 0.2) is 0 Å². The van der Waals surface area contributed by atoms with Gasteiger partial charge in [0.2, 0.25) is 0 Å². The van der Waals surface area contributed by atoms with E-state index in [1.54, 1.807) is 0 Å². The first-order chi connectivity index (χ1) is 9.66. The van der Waals surface area contributed by atoms with Crippen molar-refractivity contribution in [2.45, 2.75) is 6.61 Å². The molecule has 0 bridgehead atoms. The summed E-state index contributed by atoms with van der Waals surface area (Å²) in [5.41, 5.74) is 0.583. The first kappa shape index (κ1) is 13.5. The zero-order valence-corrected chi connectivity index (χ0v) is 10.4. The number of carbonyl (C=O) groups excluding carboxylic acids is 1. The van der Waals surface area contributed by atoms with E-state index in [2.05, 4.69) is 10.3 Å². The normalized spacial score (nSPS) is 9.80. The summed E-state index contributed by atoms with van der Waals surface area (Å²) < 4.78 is 4.97. The molecule has 1 aromatic heterocycles. The molecule has 0 fully saturated rings.